The van der Waals surface area contributed by atoms with Crippen LogP contribution in [-0.4, -0.2) is 12.1 Å². The van der Waals surface area contributed by atoms with E-state index in [1.165, 1.54) is 42.1 Å². The lowest BCUT2D eigenvalue weighted by Gasteiger charge is -2.32. The molecule has 2 heteroatoms. The van der Waals surface area contributed by atoms with E-state index in [-0.39, 0.29) is 17.5 Å². The van der Waals surface area contributed by atoms with Crippen LogP contribution in [0.2, 0.25) is 0 Å². The molecule has 0 unspecified atom stereocenters. The average Bonchev–Trinajstić information content (AvgIpc) is 2.44. The highest BCUT2D eigenvalue weighted by atomic mass is 16.5. The van der Waals surface area contributed by atoms with Crippen LogP contribution in [0.1, 0.15) is 67.7 Å². The molecule has 25 heavy (non-hydrogen) atoms. The van der Waals surface area contributed by atoms with E-state index in [1.807, 2.05) is 32.9 Å². The van der Waals surface area contributed by atoms with E-state index in [0.717, 1.165) is 5.57 Å². The van der Waals surface area contributed by atoms with Crippen molar-refractivity contribution in [1.82, 2.24) is 0 Å². The van der Waals surface area contributed by atoms with Gasteiger partial charge in [-0.15, -0.1) is 0 Å². The van der Waals surface area contributed by atoms with Crippen LogP contribution in [-0.2, 0) is 9.53 Å². The topological polar surface area (TPSA) is 26.3 Å². The molecule has 1 rings (SSSR count). The van der Waals surface area contributed by atoms with Crippen molar-refractivity contribution in [1.29, 1.82) is 0 Å². The van der Waals surface area contributed by atoms with Gasteiger partial charge in [-0.1, -0.05) is 55.4 Å². The fourth-order valence-electron chi connectivity index (χ4n) is 3.13. The zero-order chi connectivity index (χ0) is 19.0. The molecule has 0 saturated carbocycles. The zero-order valence-electron chi connectivity index (χ0n) is 17.0. The Labute approximate surface area is 154 Å². The summed E-state index contributed by atoms with van der Waals surface area (Å²) in [5.41, 5.74) is 5.33. The van der Waals surface area contributed by atoms with Gasteiger partial charge in [0.05, 0.1) is 6.10 Å². The van der Waals surface area contributed by atoms with Crippen LogP contribution in [0.25, 0.3) is 0 Å². The Morgan fingerprint density at radius 3 is 2.44 bits per heavy atom. The van der Waals surface area contributed by atoms with Crippen LogP contribution in [0, 0.1) is 5.41 Å². The minimum Gasteiger partial charge on any atom is -0.460 e. The molecule has 0 saturated heterocycles. The first-order valence-corrected chi connectivity index (χ1v) is 9.24. The fraction of sp³-hybridized carbons (Fsp3) is 0.522. The van der Waals surface area contributed by atoms with E-state index in [4.69, 9.17) is 4.74 Å². The minimum absolute atomic E-state index is 0.0883. The Balaban J connectivity index is 2.72. The molecule has 0 aromatic carbocycles. The minimum atomic E-state index is -0.292. The molecule has 0 N–H and O–H groups in total. The second-order valence-corrected chi connectivity index (χ2v) is 7.91. The van der Waals surface area contributed by atoms with Gasteiger partial charge < -0.3 is 4.74 Å². The van der Waals surface area contributed by atoms with E-state index >= 15 is 0 Å². The molecule has 0 amide bonds. The highest BCUT2D eigenvalue weighted by molar-refractivity contribution is 5.83. The van der Waals surface area contributed by atoms with Crippen LogP contribution in [0.15, 0.2) is 58.7 Å². The summed E-state index contributed by atoms with van der Waals surface area (Å²) in [6.45, 7) is 14.6. The maximum absolute atomic E-state index is 11.6. The van der Waals surface area contributed by atoms with Crippen LogP contribution < -0.4 is 0 Å². The Bertz CT molecular complexity index is 622. The van der Waals surface area contributed by atoms with E-state index in [1.54, 1.807) is 0 Å². The van der Waals surface area contributed by atoms with Gasteiger partial charge in [-0.3, -0.25) is 0 Å². The van der Waals surface area contributed by atoms with Crippen molar-refractivity contribution in [2.45, 2.75) is 73.8 Å². The lowest BCUT2D eigenvalue weighted by atomic mass is 9.72. The highest BCUT2D eigenvalue weighted by Gasteiger charge is 2.26. The molecule has 0 aromatic heterocycles. The summed E-state index contributed by atoms with van der Waals surface area (Å²) < 4.78 is 5.10. The summed E-state index contributed by atoms with van der Waals surface area (Å²) in [5.74, 6) is -0.292. The average molecular weight is 343 g/mol. The standard InChI is InChI=1S/C23H34O2/c1-17(2)25-22(24)16-19(4)11-8-10-18(3)13-14-21-20(5)12-9-15-23(21,6)7/h8,10-11,13-14,16-17H,9,12,15H2,1-7H3. The number of esters is 1. The highest BCUT2D eigenvalue weighted by Crippen LogP contribution is 2.40. The summed E-state index contributed by atoms with van der Waals surface area (Å²) in [6, 6.07) is 0. The molecular weight excluding hydrogens is 308 g/mol. The van der Waals surface area contributed by atoms with Gasteiger partial charge in [0, 0.05) is 6.08 Å². The molecule has 2 nitrogen and oxygen atoms in total. The van der Waals surface area contributed by atoms with Crippen molar-refractivity contribution in [2.75, 3.05) is 0 Å². The van der Waals surface area contributed by atoms with Gasteiger partial charge in [0.2, 0.25) is 0 Å². The molecule has 0 bridgehead atoms. The molecule has 0 heterocycles. The largest absolute Gasteiger partial charge is 0.460 e. The predicted octanol–water partition coefficient (Wildman–Crippen LogP) is 6.47. The van der Waals surface area contributed by atoms with Crippen molar-refractivity contribution in [3.8, 4) is 0 Å². The van der Waals surface area contributed by atoms with E-state index < -0.39 is 0 Å². The second kappa shape index (κ2) is 9.60. The maximum Gasteiger partial charge on any atom is 0.331 e. The predicted molar refractivity (Wildman–Crippen MR) is 107 cm³/mol. The molecular formula is C23H34O2. The molecule has 0 spiro atoms. The third-order valence-electron chi connectivity index (χ3n) is 4.47. The lowest BCUT2D eigenvalue weighted by Crippen LogP contribution is -2.19. The monoisotopic (exact) mass is 342 g/mol. The number of carbonyl (C=O) groups excluding carboxylic acids is 1. The molecule has 0 aliphatic heterocycles. The normalized spacial score (nSPS) is 19.4. The van der Waals surface area contributed by atoms with Crippen LogP contribution in [0.5, 0.6) is 0 Å². The van der Waals surface area contributed by atoms with Crippen molar-refractivity contribution in [3.05, 3.63) is 58.7 Å². The van der Waals surface area contributed by atoms with Gasteiger partial charge in [0.25, 0.3) is 0 Å². The Hall–Kier alpha value is -1.83. The summed E-state index contributed by atoms with van der Waals surface area (Å²) in [7, 11) is 0. The van der Waals surface area contributed by atoms with E-state index in [9.17, 15) is 4.79 Å². The Kier molecular flexibility index (Phi) is 8.15. The number of ether oxygens (including phenoxy) is 1. The van der Waals surface area contributed by atoms with Gasteiger partial charge in [-0.2, -0.15) is 0 Å². The second-order valence-electron chi connectivity index (χ2n) is 7.91. The number of allylic oxidation sites excluding steroid dienone is 9. The molecule has 1 aliphatic carbocycles. The van der Waals surface area contributed by atoms with Crippen molar-refractivity contribution >= 4 is 5.97 Å². The molecule has 0 radical (unpaired) electrons. The van der Waals surface area contributed by atoms with Crippen LogP contribution in [0.4, 0.5) is 0 Å². The van der Waals surface area contributed by atoms with Gasteiger partial charge in [0.15, 0.2) is 0 Å². The van der Waals surface area contributed by atoms with Gasteiger partial charge in [0.1, 0.15) is 0 Å². The fourth-order valence-corrected chi connectivity index (χ4v) is 3.13. The lowest BCUT2D eigenvalue weighted by molar-refractivity contribution is -0.141. The van der Waals surface area contributed by atoms with Crippen LogP contribution >= 0.6 is 0 Å². The number of carbonyl (C=O) groups is 1. The smallest absolute Gasteiger partial charge is 0.331 e. The van der Waals surface area contributed by atoms with Gasteiger partial charge in [-0.25, -0.2) is 4.79 Å². The first kappa shape index (κ1) is 21.2. The molecule has 0 aromatic rings. The van der Waals surface area contributed by atoms with Gasteiger partial charge in [-0.05, 0) is 70.4 Å². The van der Waals surface area contributed by atoms with Crippen molar-refractivity contribution in [2.24, 2.45) is 5.41 Å². The number of hydrogen-bond acceptors (Lipinski definition) is 2. The maximum atomic E-state index is 11.6. The quantitative estimate of drug-likeness (QED) is 0.314. The SMILES string of the molecule is CC(C=CC1=C(C)CCCC1(C)C)=CC=CC(C)=CC(=O)OC(C)C. The summed E-state index contributed by atoms with van der Waals surface area (Å²) in [5, 5.41) is 0. The molecule has 1 aliphatic rings. The van der Waals surface area contributed by atoms with Gasteiger partial charge >= 0.3 is 5.97 Å². The Morgan fingerprint density at radius 1 is 1.16 bits per heavy atom. The summed E-state index contributed by atoms with van der Waals surface area (Å²) >= 11 is 0. The zero-order valence-corrected chi connectivity index (χ0v) is 17.0. The summed E-state index contributed by atoms with van der Waals surface area (Å²) in [6.07, 6.45) is 15.6. The molecule has 138 valence electrons. The van der Waals surface area contributed by atoms with E-state index in [2.05, 4.69) is 45.9 Å². The number of rotatable bonds is 6. The van der Waals surface area contributed by atoms with Crippen LogP contribution in [0.3, 0.4) is 0 Å². The number of hydrogen-bond donors (Lipinski definition) is 0. The first-order valence-electron chi connectivity index (χ1n) is 9.24. The third kappa shape index (κ3) is 7.72. The van der Waals surface area contributed by atoms with Crippen molar-refractivity contribution < 1.29 is 9.53 Å². The molecule has 0 fully saturated rings. The molecule has 0 atom stereocenters. The summed E-state index contributed by atoms with van der Waals surface area (Å²) in [4.78, 5) is 11.6. The Morgan fingerprint density at radius 2 is 1.84 bits per heavy atom. The van der Waals surface area contributed by atoms with Crippen molar-refractivity contribution in [3.63, 3.8) is 0 Å². The van der Waals surface area contributed by atoms with E-state index in [0.29, 0.717) is 0 Å². The first-order chi connectivity index (χ1) is 11.6. The third-order valence-corrected chi connectivity index (χ3v) is 4.47.